The van der Waals surface area contributed by atoms with Gasteiger partial charge in [0, 0.05) is 43.9 Å². The van der Waals surface area contributed by atoms with E-state index in [9.17, 15) is 0 Å². The molecule has 2 heterocycles. The molecule has 0 spiro atoms. The molecule has 3 aromatic rings. The Kier molecular flexibility index (Phi) is 4.39. The minimum absolute atomic E-state index is 0.458. The molecule has 1 aromatic heterocycles. The zero-order valence-corrected chi connectivity index (χ0v) is 13.8. The van der Waals surface area contributed by atoms with Gasteiger partial charge in [0.15, 0.2) is 0 Å². The maximum absolute atomic E-state index is 4.46. The van der Waals surface area contributed by atoms with Crippen LogP contribution in [0.25, 0.3) is 0 Å². The minimum Gasteiger partial charge on any atom is -0.298 e. The topological polar surface area (TPSA) is 16.1 Å². The molecule has 0 saturated heterocycles. The monoisotopic (exact) mass is 314 g/mol. The molecule has 0 fully saturated rings. The van der Waals surface area contributed by atoms with E-state index in [1.54, 1.807) is 0 Å². The molecule has 1 aliphatic rings. The molecule has 1 unspecified atom stereocenters. The number of nitrogens with zero attached hydrogens (tertiary/aromatic N) is 2. The van der Waals surface area contributed by atoms with Crippen molar-refractivity contribution in [2.75, 3.05) is 13.1 Å². The van der Waals surface area contributed by atoms with Crippen LogP contribution in [0.5, 0.6) is 0 Å². The van der Waals surface area contributed by atoms with E-state index in [1.807, 2.05) is 12.3 Å². The zero-order valence-electron chi connectivity index (χ0n) is 13.8. The van der Waals surface area contributed by atoms with Gasteiger partial charge in [0.2, 0.25) is 0 Å². The highest BCUT2D eigenvalue weighted by Crippen LogP contribution is 2.33. The first-order valence-electron chi connectivity index (χ1n) is 8.65. The molecular formula is C22H22N2. The van der Waals surface area contributed by atoms with Gasteiger partial charge in [0.25, 0.3) is 0 Å². The summed E-state index contributed by atoms with van der Waals surface area (Å²) in [5, 5.41) is 0. The lowest BCUT2D eigenvalue weighted by Crippen LogP contribution is -2.35. The number of hydrogen-bond acceptors (Lipinski definition) is 2. The van der Waals surface area contributed by atoms with Crippen molar-refractivity contribution in [2.45, 2.75) is 18.9 Å². The van der Waals surface area contributed by atoms with Crippen LogP contribution in [0.3, 0.4) is 0 Å². The molecule has 0 N–H and O–H groups in total. The highest BCUT2D eigenvalue weighted by molar-refractivity contribution is 5.40. The van der Waals surface area contributed by atoms with Gasteiger partial charge in [-0.25, -0.2) is 0 Å². The third-order valence-corrected chi connectivity index (χ3v) is 4.88. The van der Waals surface area contributed by atoms with Crippen LogP contribution in [-0.2, 0) is 13.0 Å². The van der Waals surface area contributed by atoms with Crippen LogP contribution in [0.2, 0.25) is 0 Å². The molecule has 2 aromatic carbocycles. The van der Waals surface area contributed by atoms with Crippen LogP contribution < -0.4 is 0 Å². The molecule has 2 nitrogen and oxygen atoms in total. The van der Waals surface area contributed by atoms with E-state index in [1.165, 1.54) is 22.4 Å². The molecular weight excluding hydrogens is 292 g/mol. The van der Waals surface area contributed by atoms with Gasteiger partial charge in [-0.15, -0.1) is 0 Å². The SMILES string of the molecule is c1ccc(C2CN(CCc3ccccn3)Cc3ccccc32)cc1. The molecule has 0 bridgehead atoms. The molecule has 0 amide bonds. The molecule has 1 atom stereocenters. The fraction of sp³-hybridized carbons (Fsp3) is 0.227. The average molecular weight is 314 g/mol. The number of benzene rings is 2. The molecule has 0 radical (unpaired) electrons. The van der Waals surface area contributed by atoms with Crippen LogP contribution in [0, 0.1) is 0 Å². The lowest BCUT2D eigenvalue weighted by atomic mass is 9.84. The summed E-state index contributed by atoms with van der Waals surface area (Å²) in [5.41, 5.74) is 5.52. The molecule has 120 valence electrons. The van der Waals surface area contributed by atoms with Crippen molar-refractivity contribution in [1.29, 1.82) is 0 Å². The van der Waals surface area contributed by atoms with Crippen LogP contribution in [-0.4, -0.2) is 23.0 Å². The molecule has 1 aliphatic heterocycles. The Morgan fingerprint density at radius 1 is 0.875 bits per heavy atom. The second-order valence-corrected chi connectivity index (χ2v) is 6.47. The lowest BCUT2D eigenvalue weighted by molar-refractivity contribution is 0.243. The van der Waals surface area contributed by atoms with Gasteiger partial charge in [-0.05, 0) is 28.8 Å². The van der Waals surface area contributed by atoms with Crippen molar-refractivity contribution in [2.24, 2.45) is 0 Å². The van der Waals surface area contributed by atoms with Gasteiger partial charge in [-0.1, -0.05) is 60.7 Å². The zero-order chi connectivity index (χ0) is 16.2. The summed E-state index contributed by atoms with van der Waals surface area (Å²) in [4.78, 5) is 7.02. The summed E-state index contributed by atoms with van der Waals surface area (Å²) in [6.45, 7) is 3.16. The molecule has 0 saturated carbocycles. The Morgan fingerprint density at radius 2 is 1.67 bits per heavy atom. The Hall–Kier alpha value is -2.45. The van der Waals surface area contributed by atoms with E-state index in [0.29, 0.717) is 5.92 Å². The molecule has 4 rings (SSSR count). The van der Waals surface area contributed by atoms with Crippen molar-refractivity contribution >= 4 is 0 Å². The van der Waals surface area contributed by atoms with Crippen LogP contribution in [0.15, 0.2) is 79.0 Å². The lowest BCUT2D eigenvalue weighted by Gasteiger charge is -2.35. The van der Waals surface area contributed by atoms with E-state index in [4.69, 9.17) is 0 Å². The van der Waals surface area contributed by atoms with E-state index >= 15 is 0 Å². The number of pyridine rings is 1. The number of rotatable bonds is 4. The summed E-state index contributed by atoms with van der Waals surface area (Å²) in [7, 11) is 0. The summed E-state index contributed by atoms with van der Waals surface area (Å²) >= 11 is 0. The summed E-state index contributed by atoms with van der Waals surface area (Å²) in [6.07, 6.45) is 2.89. The minimum atomic E-state index is 0.458. The highest BCUT2D eigenvalue weighted by atomic mass is 15.1. The maximum atomic E-state index is 4.46. The summed E-state index contributed by atoms with van der Waals surface area (Å²) in [5.74, 6) is 0.458. The first-order chi connectivity index (χ1) is 11.9. The summed E-state index contributed by atoms with van der Waals surface area (Å²) in [6, 6.07) is 25.9. The van der Waals surface area contributed by atoms with Crippen LogP contribution in [0.4, 0.5) is 0 Å². The second-order valence-electron chi connectivity index (χ2n) is 6.47. The number of hydrogen-bond donors (Lipinski definition) is 0. The van der Waals surface area contributed by atoms with Gasteiger partial charge < -0.3 is 0 Å². The van der Waals surface area contributed by atoms with Crippen LogP contribution >= 0.6 is 0 Å². The van der Waals surface area contributed by atoms with E-state index in [-0.39, 0.29) is 0 Å². The van der Waals surface area contributed by atoms with Crippen molar-refractivity contribution in [3.63, 3.8) is 0 Å². The van der Waals surface area contributed by atoms with E-state index < -0.39 is 0 Å². The fourth-order valence-corrected chi connectivity index (χ4v) is 3.64. The van der Waals surface area contributed by atoms with Crippen LogP contribution in [0.1, 0.15) is 28.3 Å². The van der Waals surface area contributed by atoms with Gasteiger partial charge in [0.1, 0.15) is 0 Å². The predicted molar refractivity (Wildman–Crippen MR) is 97.9 cm³/mol. The largest absolute Gasteiger partial charge is 0.298 e. The smallest absolute Gasteiger partial charge is 0.0416 e. The molecule has 24 heavy (non-hydrogen) atoms. The first-order valence-corrected chi connectivity index (χ1v) is 8.65. The molecule has 2 heteroatoms. The van der Waals surface area contributed by atoms with E-state index in [0.717, 1.165) is 26.1 Å². The number of fused-ring (bicyclic) bond motifs is 1. The Bertz CT molecular complexity index is 783. The first kappa shape index (κ1) is 15.1. The normalized spacial score (nSPS) is 17.4. The van der Waals surface area contributed by atoms with Crippen molar-refractivity contribution in [3.8, 4) is 0 Å². The van der Waals surface area contributed by atoms with Crippen molar-refractivity contribution < 1.29 is 0 Å². The Morgan fingerprint density at radius 3 is 2.50 bits per heavy atom. The van der Waals surface area contributed by atoms with Crippen molar-refractivity contribution in [3.05, 3.63) is 101 Å². The quantitative estimate of drug-likeness (QED) is 0.715. The van der Waals surface area contributed by atoms with Gasteiger partial charge in [0.05, 0.1) is 0 Å². The third-order valence-electron chi connectivity index (χ3n) is 4.88. The van der Waals surface area contributed by atoms with Gasteiger partial charge >= 0.3 is 0 Å². The van der Waals surface area contributed by atoms with E-state index in [2.05, 4.69) is 76.6 Å². The predicted octanol–water partition coefficient (Wildman–Crippen LogP) is 4.27. The second kappa shape index (κ2) is 6.98. The number of aromatic nitrogens is 1. The van der Waals surface area contributed by atoms with Crippen molar-refractivity contribution in [1.82, 2.24) is 9.88 Å². The van der Waals surface area contributed by atoms with Gasteiger partial charge in [-0.3, -0.25) is 9.88 Å². The summed E-state index contributed by atoms with van der Waals surface area (Å²) < 4.78 is 0. The fourth-order valence-electron chi connectivity index (χ4n) is 3.64. The average Bonchev–Trinajstić information content (AvgIpc) is 2.67. The molecule has 0 aliphatic carbocycles. The van der Waals surface area contributed by atoms with Gasteiger partial charge in [-0.2, -0.15) is 0 Å². The maximum Gasteiger partial charge on any atom is 0.0416 e. The Balaban J connectivity index is 1.56. The highest BCUT2D eigenvalue weighted by Gasteiger charge is 2.25. The standard InChI is InChI=1S/C22H22N2/c1-2-8-18(9-3-1)22-17-24(15-13-20-11-6-7-14-23-20)16-19-10-4-5-12-21(19)22/h1-12,14,22H,13,15-17H2. The Labute approximate surface area is 143 Å². The third kappa shape index (κ3) is 3.24.